The minimum Gasteiger partial charge on any atom is -0.207 e. The lowest BCUT2D eigenvalue weighted by molar-refractivity contribution is 0.585. The predicted octanol–water partition coefficient (Wildman–Crippen LogP) is 9.34. The van der Waals surface area contributed by atoms with E-state index in [4.69, 9.17) is 34.8 Å². The molecule has 0 amide bonds. The standard InChI is InChI=1S/C24H10Cl3F5/c25-12-5-11(6-13(26)7-12)17-10-19(18-8-14(28)2-4-20(18)30)22(23(27)24(17)32)16-3-1-15(29)9-21(16)31/h1-10H. The first kappa shape index (κ1) is 22.6. The van der Waals surface area contributed by atoms with Crippen molar-refractivity contribution in [3.8, 4) is 33.4 Å². The smallest absolute Gasteiger partial charge is 0.150 e. The summed E-state index contributed by atoms with van der Waals surface area (Å²) in [5, 5.41) is -0.159. The molecule has 4 aromatic rings. The summed E-state index contributed by atoms with van der Waals surface area (Å²) in [6.45, 7) is 0. The van der Waals surface area contributed by atoms with Gasteiger partial charge in [0, 0.05) is 38.4 Å². The first-order valence-electron chi connectivity index (χ1n) is 9.05. The molecule has 8 heteroatoms. The number of hydrogen-bond acceptors (Lipinski definition) is 0. The molecule has 0 heterocycles. The highest BCUT2D eigenvalue weighted by molar-refractivity contribution is 6.36. The predicted molar refractivity (Wildman–Crippen MR) is 118 cm³/mol. The van der Waals surface area contributed by atoms with Crippen molar-refractivity contribution in [2.24, 2.45) is 0 Å². The van der Waals surface area contributed by atoms with Crippen LogP contribution in [0.1, 0.15) is 0 Å². The Bertz CT molecular complexity index is 1350. The van der Waals surface area contributed by atoms with Gasteiger partial charge in [0.05, 0.1) is 5.02 Å². The van der Waals surface area contributed by atoms with Crippen molar-refractivity contribution >= 4 is 34.8 Å². The molecule has 162 valence electrons. The molecule has 4 aromatic carbocycles. The van der Waals surface area contributed by atoms with Gasteiger partial charge in [0.1, 0.15) is 29.1 Å². The highest BCUT2D eigenvalue weighted by Crippen LogP contribution is 2.45. The van der Waals surface area contributed by atoms with Gasteiger partial charge >= 0.3 is 0 Å². The summed E-state index contributed by atoms with van der Waals surface area (Å²) < 4.78 is 72.2. The van der Waals surface area contributed by atoms with Crippen molar-refractivity contribution in [2.75, 3.05) is 0 Å². The molecule has 4 rings (SSSR count). The lowest BCUT2D eigenvalue weighted by Gasteiger charge is -2.18. The number of halogens is 8. The van der Waals surface area contributed by atoms with Crippen molar-refractivity contribution < 1.29 is 22.0 Å². The summed E-state index contributed by atoms with van der Waals surface area (Å²) in [6, 6.07) is 10.7. The zero-order chi connectivity index (χ0) is 23.2. The molecule has 0 aliphatic carbocycles. The van der Waals surface area contributed by atoms with Crippen LogP contribution in [-0.2, 0) is 0 Å². The Balaban J connectivity index is 2.12. The van der Waals surface area contributed by atoms with Gasteiger partial charge in [-0.05, 0) is 65.7 Å². The number of hydrogen-bond donors (Lipinski definition) is 0. The maximum absolute atomic E-state index is 15.4. The molecule has 0 aromatic heterocycles. The molecule has 0 saturated carbocycles. The minimum absolute atomic E-state index is 0.106. The SMILES string of the molecule is Fc1ccc(-c2c(-c3cc(F)ccc3F)cc(-c3cc(Cl)cc(Cl)c3)c(F)c2Cl)c(F)c1. The molecule has 0 unspecified atom stereocenters. The molecule has 0 saturated heterocycles. The normalized spacial score (nSPS) is 11.1. The van der Waals surface area contributed by atoms with E-state index in [0.29, 0.717) is 6.07 Å². The topological polar surface area (TPSA) is 0 Å². The molecule has 0 aliphatic rings. The van der Waals surface area contributed by atoms with Crippen LogP contribution < -0.4 is 0 Å². The Morgan fingerprint density at radius 3 is 1.78 bits per heavy atom. The van der Waals surface area contributed by atoms with Crippen LogP contribution in [0.25, 0.3) is 33.4 Å². The molecule has 0 aliphatic heterocycles. The number of benzene rings is 4. The van der Waals surface area contributed by atoms with E-state index in [1.807, 2.05) is 0 Å². The van der Waals surface area contributed by atoms with Gasteiger partial charge in [-0.2, -0.15) is 0 Å². The Kier molecular flexibility index (Phi) is 6.17. The summed E-state index contributed by atoms with van der Waals surface area (Å²) in [5.41, 5.74) is -0.854. The fourth-order valence-electron chi connectivity index (χ4n) is 3.42. The largest absolute Gasteiger partial charge is 0.207 e. The lowest BCUT2D eigenvalue weighted by atomic mass is 9.90. The second-order valence-corrected chi connectivity index (χ2v) is 8.13. The van der Waals surface area contributed by atoms with Crippen molar-refractivity contribution in [3.63, 3.8) is 0 Å². The van der Waals surface area contributed by atoms with E-state index in [2.05, 4.69) is 0 Å². The Morgan fingerprint density at radius 2 is 1.12 bits per heavy atom. The highest BCUT2D eigenvalue weighted by Gasteiger charge is 2.24. The first-order chi connectivity index (χ1) is 15.2. The third-order valence-electron chi connectivity index (χ3n) is 4.80. The third kappa shape index (κ3) is 4.20. The molecule has 0 radical (unpaired) electrons. The van der Waals surface area contributed by atoms with Crippen LogP contribution >= 0.6 is 34.8 Å². The summed E-state index contributed by atoms with van der Waals surface area (Å²) in [5.74, 6) is -4.52. The van der Waals surface area contributed by atoms with Gasteiger partial charge in [-0.1, -0.05) is 34.8 Å². The lowest BCUT2D eigenvalue weighted by Crippen LogP contribution is -1.98. The second-order valence-electron chi connectivity index (χ2n) is 6.88. The van der Waals surface area contributed by atoms with Crippen molar-refractivity contribution in [2.45, 2.75) is 0 Å². The molecule has 0 nitrogen and oxygen atoms in total. The van der Waals surface area contributed by atoms with Crippen LogP contribution in [0, 0.1) is 29.1 Å². The Labute approximate surface area is 194 Å². The Hall–Kier alpha value is -2.60. The summed E-state index contributed by atoms with van der Waals surface area (Å²) in [4.78, 5) is 0. The molecule has 0 fully saturated rings. The molecule has 0 N–H and O–H groups in total. The van der Waals surface area contributed by atoms with Gasteiger partial charge in [0.2, 0.25) is 0 Å². The van der Waals surface area contributed by atoms with Crippen molar-refractivity contribution in [1.82, 2.24) is 0 Å². The summed E-state index contributed by atoms with van der Waals surface area (Å²) >= 11 is 18.4. The molecule has 0 bridgehead atoms. The van der Waals surface area contributed by atoms with Crippen LogP contribution in [-0.4, -0.2) is 0 Å². The van der Waals surface area contributed by atoms with E-state index in [1.54, 1.807) is 0 Å². The van der Waals surface area contributed by atoms with Crippen LogP contribution in [0.5, 0.6) is 0 Å². The van der Waals surface area contributed by atoms with Gasteiger partial charge in [0.25, 0.3) is 0 Å². The van der Waals surface area contributed by atoms with Crippen molar-refractivity contribution in [3.05, 3.63) is 105 Å². The van der Waals surface area contributed by atoms with Gasteiger partial charge < -0.3 is 0 Å². The molecular formula is C24H10Cl3F5. The van der Waals surface area contributed by atoms with Crippen LogP contribution in [0.2, 0.25) is 15.1 Å². The van der Waals surface area contributed by atoms with Gasteiger partial charge in [0.15, 0.2) is 0 Å². The Morgan fingerprint density at radius 1 is 0.500 bits per heavy atom. The van der Waals surface area contributed by atoms with E-state index in [-0.39, 0.29) is 43.4 Å². The molecule has 0 spiro atoms. The van der Waals surface area contributed by atoms with E-state index in [9.17, 15) is 17.6 Å². The van der Waals surface area contributed by atoms with Crippen LogP contribution in [0.3, 0.4) is 0 Å². The average Bonchev–Trinajstić information content (AvgIpc) is 2.72. The quantitative estimate of drug-likeness (QED) is 0.246. The summed E-state index contributed by atoms with van der Waals surface area (Å²) in [7, 11) is 0. The van der Waals surface area contributed by atoms with Crippen LogP contribution in [0.4, 0.5) is 22.0 Å². The maximum Gasteiger partial charge on any atom is 0.150 e. The monoisotopic (exact) mass is 498 g/mol. The van der Waals surface area contributed by atoms with E-state index in [0.717, 1.165) is 30.3 Å². The van der Waals surface area contributed by atoms with E-state index in [1.165, 1.54) is 24.3 Å². The van der Waals surface area contributed by atoms with Gasteiger partial charge in [-0.3, -0.25) is 0 Å². The minimum atomic E-state index is -1.05. The first-order valence-corrected chi connectivity index (χ1v) is 10.2. The number of rotatable bonds is 3. The second kappa shape index (κ2) is 8.74. The zero-order valence-electron chi connectivity index (χ0n) is 15.8. The zero-order valence-corrected chi connectivity index (χ0v) is 18.1. The molecule has 32 heavy (non-hydrogen) atoms. The van der Waals surface area contributed by atoms with Crippen LogP contribution in [0.15, 0.2) is 60.7 Å². The average molecular weight is 500 g/mol. The summed E-state index contributed by atoms with van der Waals surface area (Å²) in [6.07, 6.45) is 0. The maximum atomic E-state index is 15.4. The van der Waals surface area contributed by atoms with Gasteiger partial charge in [-0.25, -0.2) is 22.0 Å². The highest BCUT2D eigenvalue weighted by atomic mass is 35.5. The molecule has 0 atom stereocenters. The van der Waals surface area contributed by atoms with E-state index >= 15 is 4.39 Å². The van der Waals surface area contributed by atoms with E-state index < -0.39 is 34.1 Å². The fraction of sp³-hybridized carbons (Fsp3) is 0. The molecular weight excluding hydrogens is 490 g/mol. The fourth-order valence-corrected chi connectivity index (χ4v) is 4.25. The van der Waals surface area contributed by atoms with Crippen molar-refractivity contribution in [1.29, 1.82) is 0 Å². The van der Waals surface area contributed by atoms with Gasteiger partial charge in [-0.15, -0.1) is 0 Å². The third-order valence-corrected chi connectivity index (χ3v) is 5.59.